The van der Waals surface area contributed by atoms with E-state index in [0.717, 1.165) is 36.9 Å². The normalized spacial score (nSPS) is 10.8. The maximum absolute atomic E-state index is 6.09. The molecular weight excluding hydrogens is 474 g/mol. The molecule has 0 bridgehead atoms. The molecule has 0 atom stereocenters. The van der Waals surface area contributed by atoms with Crippen LogP contribution in [0.4, 0.5) is 0 Å². The molecule has 0 amide bonds. The quantitative estimate of drug-likeness (QED) is 0.279. The van der Waals surface area contributed by atoms with Crippen LogP contribution < -0.4 is 14.2 Å². The molecule has 3 heterocycles. The standard InChI is InChI=1S/C21H27N9O3.C4H10/c1-4-28-10-16(22-25-28)13-31-19-8-7-9-20(32-14-17-11-29(5-2)26-23-17)21(19)33-15-18-12-30(6-3)27-24-18;1-4(2)3/h7-12H,4-6,13-15H2,1-3H3;4H,1-3H3. The van der Waals surface area contributed by atoms with Crippen molar-refractivity contribution in [2.24, 2.45) is 5.92 Å². The molecule has 1 aromatic carbocycles. The first-order valence-corrected chi connectivity index (χ1v) is 12.6. The molecule has 12 heteroatoms. The molecule has 0 fully saturated rings. The molecule has 0 spiro atoms. The van der Waals surface area contributed by atoms with Crippen molar-refractivity contribution in [1.29, 1.82) is 0 Å². The van der Waals surface area contributed by atoms with Gasteiger partial charge in [0.1, 0.15) is 36.9 Å². The zero-order chi connectivity index (χ0) is 26.6. The van der Waals surface area contributed by atoms with Gasteiger partial charge in [-0.3, -0.25) is 14.0 Å². The summed E-state index contributed by atoms with van der Waals surface area (Å²) in [6, 6.07) is 5.49. The van der Waals surface area contributed by atoms with Gasteiger partial charge in [-0.25, -0.2) is 0 Å². The second-order valence-electron chi connectivity index (χ2n) is 8.88. The highest BCUT2D eigenvalue weighted by molar-refractivity contribution is 5.51. The number of nitrogens with zero attached hydrogens (tertiary/aromatic N) is 9. The minimum absolute atomic E-state index is 0.217. The third-order valence-electron chi connectivity index (χ3n) is 4.79. The molecule has 0 radical (unpaired) electrons. The Labute approximate surface area is 217 Å². The number of ether oxygens (including phenoxy) is 3. The zero-order valence-electron chi connectivity index (χ0n) is 22.5. The van der Waals surface area contributed by atoms with Gasteiger partial charge in [0.15, 0.2) is 11.5 Å². The van der Waals surface area contributed by atoms with Gasteiger partial charge >= 0.3 is 0 Å². The van der Waals surface area contributed by atoms with Crippen LogP contribution in [-0.4, -0.2) is 45.0 Å². The van der Waals surface area contributed by atoms with Crippen LogP contribution in [0.15, 0.2) is 36.8 Å². The number of rotatable bonds is 12. The summed E-state index contributed by atoms with van der Waals surface area (Å²) in [6.07, 6.45) is 5.54. The van der Waals surface area contributed by atoms with Crippen molar-refractivity contribution in [1.82, 2.24) is 45.0 Å². The fraction of sp³-hybridized carbons (Fsp3) is 0.520. The van der Waals surface area contributed by atoms with Crippen LogP contribution in [0.25, 0.3) is 0 Å². The minimum Gasteiger partial charge on any atom is -0.483 e. The van der Waals surface area contributed by atoms with Crippen molar-refractivity contribution < 1.29 is 14.2 Å². The van der Waals surface area contributed by atoms with Crippen molar-refractivity contribution in [2.75, 3.05) is 0 Å². The van der Waals surface area contributed by atoms with E-state index in [1.54, 1.807) is 14.0 Å². The molecule has 4 rings (SSSR count). The fourth-order valence-corrected chi connectivity index (χ4v) is 2.99. The van der Waals surface area contributed by atoms with E-state index in [9.17, 15) is 0 Å². The van der Waals surface area contributed by atoms with Crippen molar-refractivity contribution in [2.45, 2.75) is 81.0 Å². The van der Waals surface area contributed by atoms with Crippen molar-refractivity contribution in [3.63, 3.8) is 0 Å². The average Bonchev–Trinajstić information content (AvgIpc) is 3.65. The second-order valence-corrected chi connectivity index (χ2v) is 8.88. The van der Waals surface area contributed by atoms with Crippen molar-refractivity contribution >= 4 is 0 Å². The maximum atomic E-state index is 6.09. The lowest BCUT2D eigenvalue weighted by Crippen LogP contribution is -2.04. The number of benzene rings is 1. The van der Waals surface area contributed by atoms with Gasteiger partial charge < -0.3 is 14.2 Å². The van der Waals surface area contributed by atoms with Gasteiger partial charge in [0, 0.05) is 19.6 Å². The molecule has 12 nitrogen and oxygen atoms in total. The number of aryl methyl sites for hydroxylation is 3. The monoisotopic (exact) mass is 511 g/mol. The first-order chi connectivity index (χ1) is 17.9. The molecule has 0 aliphatic heterocycles. The fourth-order valence-electron chi connectivity index (χ4n) is 2.99. The number of hydrogen-bond acceptors (Lipinski definition) is 9. The lowest BCUT2D eigenvalue weighted by atomic mass is 10.3. The highest BCUT2D eigenvalue weighted by atomic mass is 16.5. The molecule has 0 aliphatic rings. The van der Waals surface area contributed by atoms with E-state index in [4.69, 9.17) is 14.2 Å². The third-order valence-corrected chi connectivity index (χ3v) is 4.79. The summed E-state index contributed by atoms with van der Waals surface area (Å²) in [5.74, 6) is 2.35. The summed E-state index contributed by atoms with van der Waals surface area (Å²) in [4.78, 5) is 0. The van der Waals surface area contributed by atoms with E-state index in [0.29, 0.717) is 22.9 Å². The van der Waals surface area contributed by atoms with E-state index < -0.39 is 0 Å². The van der Waals surface area contributed by atoms with Crippen LogP contribution in [0.2, 0.25) is 0 Å². The van der Waals surface area contributed by atoms with E-state index in [1.807, 2.05) is 57.6 Å². The summed E-state index contributed by atoms with van der Waals surface area (Å²) in [5.41, 5.74) is 2.14. The number of para-hydroxylation sites is 1. The predicted octanol–water partition coefficient (Wildman–Crippen LogP) is 3.92. The van der Waals surface area contributed by atoms with Crippen LogP contribution >= 0.6 is 0 Å². The SMILES string of the molecule is CC(C)C.CCn1cc(COc2cccc(OCc3cn(CC)nn3)c2OCc2cn(CC)nn2)nn1. The van der Waals surface area contributed by atoms with Gasteiger partial charge in [0.2, 0.25) is 5.75 Å². The Hall–Kier alpha value is -3.96. The number of aromatic nitrogens is 9. The van der Waals surface area contributed by atoms with Gasteiger partial charge in [0.25, 0.3) is 0 Å². The third kappa shape index (κ3) is 8.58. The molecule has 0 unspecified atom stereocenters. The largest absolute Gasteiger partial charge is 0.483 e. The summed E-state index contributed by atoms with van der Waals surface area (Å²) in [5, 5.41) is 24.5. The van der Waals surface area contributed by atoms with E-state index in [-0.39, 0.29) is 19.8 Å². The average molecular weight is 512 g/mol. The summed E-state index contributed by atoms with van der Waals surface area (Å²) < 4.78 is 23.4. The Morgan fingerprint density at radius 1 is 0.622 bits per heavy atom. The van der Waals surface area contributed by atoms with Gasteiger partial charge in [0.05, 0.1) is 18.6 Å². The van der Waals surface area contributed by atoms with Gasteiger partial charge in [-0.05, 0) is 38.8 Å². The molecule has 0 aliphatic carbocycles. The number of hydrogen-bond donors (Lipinski definition) is 0. The summed E-state index contributed by atoms with van der Waals surface area (Å²) in [7, 11) is 0. The van der Waals surface area contributed by atoms with E-state index in [1.165, 1.54) is 0 Å². The van der Waals surface area contributed by atoms with Gasteiger partial charge in [-0.1, -0.05) is 42.5 Å². The molecule has 200 valence electrons. The Balaban J connectivity index is 0.000000886. The van der Waals surface area contributed by atoms with Gasteiger partial charge in [-0.2, -0.15) is 0 Å². The Morgan fingerprint density at radius 3 is 1.30 bits per heavy atom. The zero-order valence-corrected chi connectivity index (χ0v) is 22.5. The Morgan fingerprint density at radius 2 is 0.973 bits per heavy atom. The molecule has 4 aromatic rings. The molecule has 0 saturated carbocycles. The second kappa shape index (κ2) is 14.0. The van der Waals surface area contributed by atoms with Crippen molar-refractivity contribution in [3.05, 3.63) is 53.9 Å². The highest BCUT2D eigenvalue weighted by Crippen LogP contribution is 2.38. The van der Waals surface area contributed by atoms with Crippen LogP contribution in [0.1, 0.15) is 58.6 Å². The van der Waals surface area contributed by atoms with E-state index >= 15 is 0 Å². The van der Waals surface area contributed by atoms with Crippen LogP contribution in [0.3, 0.4) is 0 Å². The molecule has 3 aromatic heterocycles. The van der Waals surface area contributed by atoms with Gasteiger partial charge in [-0.15, -0.1) is 15.3 Å². The summed E-state index contributed by atoms with van der Waals surface area (Å²) in [6.45, 7) is 15.4. The smallest absolute Gasteiger partial charge is 0.204 e. The molecule has 0 N–H and O–H groups in total. The topological polar surface area (TPSA) is 120 Å². The molecule has 0 saturated heterocycles. The predicted molar refractivity (Wildman–Crippen MR) is 137 cm³/mol. The first-order valence-electron chi connectivity index (χ1n) is 12.6. The van der Waals surface area contributed by atoms with Crippen LogP contribution in [0.5, 0.6) is 17.2 Å². The lowest BCUT2D eigenvalue weighted by Gasteiger charge is -2.15. The molecular formula is C25H37N9O3. The Bertz CT molecular complexity index is 1150. The maximum Gasteiger partial charge on any atom is 0.204 e. The van der Waals surface area contributed by atoms with Crippen LogP contribution in [0, 0.1) is 5.92 Å². The van der Waals surface area contributed by atoms with E-state index in [2.05, 4.69) is 51.7 Å². The molecule has 37 heavy (non-hydrogen) atoms. The first kappa shape index (κ1) is 27.6. The van der Waals surface area contributed by atoms with Crippen molar-refractivity contribution in [3.8, 4) is 17.2 Å². The summed E-state index contributed by atoms with van der Waals surface area (Å²) >= 11 is 0. The highest BCUT2D eigenvalue weighted by Gasteiger charge is 2.16. The lowest BCUT2D eigenvalue weighted by molar-refractivity contribution is 0.226. The van der Waals surface area contributed by atoms with Crippen LogP contribution in [-0.2, 0) is 39.5 Å². The minimum atomic E-state index is 0.217. The Kier molecular flexibility index (Phi) is 10.4.